The van der Waals surface area contributed by atoms with Crippen molar-refractivity contribution in [2.24, 2.45) is 0 Å². The Balaban J connectivity index is 1.25. The molecule has 1 aliphatic rings. The van der Waals surface area contributed by atoms with E-state index in [0.717, 1.165) is 55.8 Å². The number of carbonyl (C=O) groups excluding carboxylic acids is 1. The lowest BCUT2D eigenvalue weighted by atomic mass is 10.2. The molecule has 4 rings (SSSR count). The lowest BCUT2D eigenvalue weighted by molar-refractivity contribution is -0.133. The normalized spacial score (nSPS) is 15.0. The van der Waals surface area contributed by atoms with Crippen LogP contribution in [0.15, 0.2) is 55.0 Å². The van der Waals surface area contributed by atoms with Gasteiger partial charge in [-0.05, 0) is 42.3 Å². The highest BCUT2D eigenvalue weighted by Gasteiger charge is 2.20. The topological polar surface area (TPSA) is 50.6 Å². The number of benzene rings is 1. The van der Waals surface area contributed by atoms with E-state index in [1.54, 1.807) is 7.11 Å². The van der Waals surface area contributed by atoms with Crippen molar-refractivity contribution in [1.82, 2.24) is 19.4 Å². The Kier molecular flexibility index (Phi) is 6.10. The highest BCUT2D eigenvalue weighted by molar-refractivity contribution is 5.86. The quantitative estimate of drug-likeness (QED) is 0.620. The van der Waals surface area contributed by atoms with Crippen LogP contribution in [0.4, 0.5) is 0 Å². The molecule has 1 amide bonds. The van der Waals surface area contributed by atoms with E-state index in [-0.39, 0.29) is 5.91 Å². The average molecular weight is 393 g/mol. The Morgan fingerprint density at radius 3 is 2.59 bits per heavy atom. The van der Waals surface area contributed by atoms with Gasteiger partial charge in [0, 0.05) is 69.7 Å². The number of piperazine rings is 1. The van der Waals surface area contributed by atoms with Crippen molar-refractivity contribution in [3.63, 3.8) is 0 Å². The zero-order chi connectivity index (χ0) is 20.1. The van der Waals surface area contributed by atoms with Crippen molar-refractivity contribution in [2.75, 3.05) is 39.8 Å². The van der Waals surface area contributed by atoms with Crippen LogP contribution in [-0.2, 0) is 17.8 Å². The Morgan fingerprint density at radius 2 is 1.83 bits per heavy atom. The number of ether oxygens (including phenoxy) is 1. The molecule has 3 heterocycles. The van der Waals surface area contributed by atoms with Crippen LogP contribution in [0, 0.1) is 0 Å². The fourth-order valence-corrected chi connectivity index (χ4v) is 4.00. The SMILES string of the molecule is COc1cccc2c1ccn2CCC(=O)N1CCN(CCc2ccncc2)CC1. The Labute approximate surface area is 171 Å². The zero-order valence-corrected chi connectivity index (χ0v) is 17.0. The maximum absolute atomic E-state index is 12.7. The number of hydrogen-bond donors (Lipinski definition) is 0. The molecule has 1 aliphatic heterocycles. The van der Waals surface area contributed by atoms with Gasteiger partial charge in [-0.25, -0.2) is 0 Å². The summed E-state index contributed by atoms with van der Waals surface area (Å²) >= 11 is 0. The van der Waals surface area contributed by atoms with Gasteiger partial charge in [0.05, 0.1) is 12.6 Å². The number of pyridine rings is 1. The van der Waals surface area contributed by atoms with Gasteiger partial charge < -0.3 is 14.2 Å². The lowest BCUT2D eigenvalue weighted by Gasteiger charge is -2.34. The molecule has 1 fully saturated rings. The molecule has 0 saturated carbocycles. The van der Waals surface area contributed by atoms with Crippen molar-refractivity contribution >= 4 is 16.8 Å². The summed E-state index contributed by atoms with van der Waals surface area (Å²) in [6, 6.07) is 12.2. The van der Waals surface area contributed by atoms with Gasteiger partial charge in [-0.3, -0.25) is 14.7 Å². The maximum Gasteiger partial charge on any atom is 0.224 e. The molecule has 0 unspecified atom stereocenters. The van der Waals surface area contributed by atoms with Crippen LogP contribution in [0.3, 0.4) is 0 Å². The fourth-order valence-electron chi connectivity index (χ4n) is 4.00. The van der Waals surface area contributed by atoms with Crippen molar-refractivity contribution < 1.29 is 9.53 Å². The van der Waals surface area contributed by atoms with E-state index in [1.807, 2.05) is 35.6 Å². The molecule has 29 heavy (non-hydrogen) atoms. The number of hydrogen-bond acceptors (Lipinski definition) is 4. The minimum absolute atomic E-state index is 0.239. The van der Waals surface area contributed by atoms with Gasteiger partial charge in [0.15, 0.2) is 0 Å². The van der Waals surface area contributed by atoms with E-state index in [4.69, 9.17) is 4.74 Å². The van der Waals surface area contributed by atoms with E-state index >= 15 is 0 Å². The molecular weight excluding hydrogens is 364 g/mol. The standard InChI is InChI=1S/C23H28N4O2/c1-29-22-4-2-3-21-20(22)8-13-26(21)14-9-23(28)27-17-15-25(16-18-27)12-7-19-5-10-24-11-6-19/h2-6,8,10-11,13H,7,9,12,14-18H2,1H3. The second kappa shape index (κ2) is 9.09. The fraction of sp³-hybridized carbons (Fsp3) is 0.391. The summed E-state index contributed by atoms with van der Waals surface area (Å²) in [5, 5.41) is 1.09. The number of carbonyl (C=O) groups is 1. The molecule has 2 aromatic heterocycles. The molecule has 0 atom stereocenters. The van der Waals surface area contributed by atoms with Crippen LogP contribution >= 0.6 is 0 Å². The summed E-state index contributed by atoms with van der Waals surface area (Å²) in [6.07, 6.45) is 7.28. The first-order valence-electron chi connectivity index (χ1n) is 10.3. The number of fused-ring (bicyclic) bond motifs is 1. The van der Waals surface area contributed by atoms with Crippen molar-refractivity contribution in [2.45, 2.75) is 19.4 Å². The lowest BCUT2D eigenvalue weighted by Crippen LogP contribution is -2.49. The highest BCUT2D eigenvalue weighted by Crippen LogP contribution is 2.26. The van der Waals surface area contributed by atoms with Crippen LogP contribution in [0.5, 0.6) is 5.75 Å². The van der Waals surface area contributed by atoms with Crippen LogP contribution in [0.1, 0.15) is 12.0 Å². The second-order valence-electron chi connectivity index (χ2n) is 7.48. The molecule has 0 radical (unpaired) electrons. The molecule has 6 nitrogen and oxygen atoms in total. The molecule has 6 heteroatoms. The van der Waals surface area contributed by atoms with Gasteiger partial charge >= 0.3 is 0 Å². The molecule has 152 valence electrons. The van der Waals surface area contributed by atoms with Crippen molar-refractivity contribution in [1.29, 1.82) is 0 Å². The van der Waals surface area contributed by atoms with E-state index in [0.29, 0.717) is 13.0 Å². The summed E-state index contributed by atoms with van der Waals surface area (Å²) in [4.78, 5) is 21.2. The van der Waals surface area contributed by atoms with Crippen LogP contribution in [0.2, 0.25) is 0 Å². The van der Waals surface area contributed by atoms with E-state index in [9.17, 15) is 4.79 Å². The van der Waals surface area contributed by atoms with Gasteiger partial charge in [-0.15, -0.1) is 0 Å². The summed E-state index contributed by atoms with van der Waals surface area (Å²) < 4.78 is 7.56. The molecule has 0 aliphatic carbocycles. The first kappa shape index (κ1) is 19.5. The van der Waals surface area contributed by atoms with Crippen molar-refractivity contribution in [3.05, 3.63) is 60.6 Å². The summed E-state index contributed by atoms with van der Waals surface area (Å²) in [5.41, 5.74) is 2.42. The van der Waals surface area contributed by atoms with Crippen LogP contribution in [0.25, 0.3) is 10.9 Å². The summed E-state index contributed by atoms with van der Waals surface area (Å²) in [5.74, 6) is 1.11. The third kappa shape index (κ3) is 4.59. The molecular formula is C23H28N4O2. The minimum Gasteiger partial charge on any atom is -0.496 e. The predicted octanol–water partition coefficient (Wildman–Crippen LogP) is 2.82. The first-order chi connectivity index (χ1) is 14.2. The Bertz CT molecular complexity index is 946. The van der Waals surface area contributed by atoms with Crippen LogP contribution in [-0.4, -0.2) is 65.1 Å². The molecule has 1 saturated heterocycles. The number of rotatable bonds is 7. The third-order valence-corrected chi connectivity index (χ3v) is 5.75. The maximum atomic E-state index is 12.7. The van der Waals surface area contributed by atoms with E-state index in [2.05, 4.69) is 38.7 Å². The Morgan fingerprint density at radius 1 is 1.03 bits per heavy atom. The van der Waals surface area contributed by atoms with Gasteiger partial charge in [0.1, 0.15) is 5.75 Å². The molecule has 0 spiro atoms. The van der Waals surface area contributed by atoms with Gasteiger partial charge in [-0.2, -0.15) is 0 Å². The van der Waals surface area contributed by atoms with Gasteiger partial charge in [0.2, 0.25) is 5.91 Å². The second-order valence-corrected chi connectivity index (χ2v) is 7.48. The predicted molar refractivity (Wildman–Crippen MR) is 114 cm³/mol. The number of nitrogens with zero attached hydrogens (tertiary/aromatic N) is 4. The largest absolute Gasteiger partial charge is 0.496 e. The first-order valence-corrected chi connectivity index (χ1v) is 10.3. The van der Waals surface area contributed by atoms with E-state index in [1.165, 1.54) is 5.56 Å². The number of aryl methyl sites for hydroxylation is 1. The average Bonchev–Trinajstić information content (AvgIpc) is 3.20. The molecule has 3 aromatic rings. The minimum atomic E-state index is 0.239. The number of aromatic nitrogens is 2. The highest BCUT2D eigenvalue weighted by atomic mass is 16.5. The van der Waals surface area contributed by atoms with Crippen LogP contribution < -0.4 is 4.74 Å². The van der Waals surface area contributed by atoms with Gasteiger partial charge in [0.25, 0.3) is 0 Å². The van der Waals surface area contributed by atoms with E-state index < -0.39 is 0 Å². The zero-order valence-electron chi connectivity index (χ0n) is 17.0. The smallest absolute Gasteiger partial charge is 0.224 e. The number of amides is 1. The summed E-state index contributed by atoms with van der Waals surface area (Å²) in [7, 11) is 1.69. The monoisotopic (exact) mass is 392 g/mol. The molecule has 1 aromatic carbocycles. The summed E-state index contributed by atoms with van der Waals surface area (Å²) in [6.45, 7) is 5.24. The molecule has 0 N–H and O–H groups in total. The number of methoxy groups -OCH3 is 1. The van der Waals surface area contributed by atoms with Gasteiger partial charge in [-0.1, -0.05) is 6.07 Å². The Hall–Kier alpha value is -2.86. The molecule has 0 bridgehead atoms. The third-order valence-electron chi connectivity index (χ3n) is 5.75. The van der Waals surface area contributed by atoms with Crippen molar-refractivity contribution in [3.8, 4) is 5.75 Å².